The Hall–Kier alpha value is -7.13. The summed E-state index contributed by atoms with van der Waals surface area (Å²) in [5, 5.41) is 0.898. The third-order valence-corrected chi connectivity index (χ3v) is 21.2. The summed E-state index contributed by atoms with van der Waals surface area (Å²) in [5.74, 6) is 1.68. The highest BCUT2D eigenvalue weighted by atomic mass is 35.5. The Morgan fingerprint density at radius 3 is 0.807 bits per heavy atom. The summed E-state index contributed by atoms with van der Waals surface area (Å²) in [7, 11) is -18.3. The minimum Gasteiger partial charge on any atom is -0.457 e. The number of halogens is 2. The lowest BCUT2D eigenvalue weighted by Crippen LogP contribution is -2.19. The number of ether oxygens (including phenoxy) is 2. The summed E-state index contributed by atoms with van der Waals surface area (Å²) in [4.78, 5) is 1.55. The van der Waals surface area contributed by atoms with Crippen LogP contribution in [0.5, 0.6) is 23.0 Å². The molecule has 0 amide bonds. The Kier molecular flexibility index (Phi) is 20.0. The van der Waals surface area contributed by atoms with Crippen LogP contribution in [0.4, 0.5) is 0 Å². The molecule has 0 spiro atoms. The molecule has 0 heterocycles. The number of rotatable bonds is 15. The molecule has 0 aliphatic rings. The first kappa shape index (κ1) is 63.5. The molecule has 0 bridgehead atoms. The van der Waals surface area contributed by atoms with Gasteiger partial charge in [0.25, 0.3) is 10.1 Å². The van der Waals surface area contributed by atoms with E-state index in [2.05, 4.69) is 0 Å². The monoisotopic (exact) mass is 1250 g/mol. The molecule has 9 aromatic carbocycles. The second kappa shape index (κ2) is 26.2. The van der Waals surface area contributed by atoms with Gasteiger partial charge in [0.15, 0.2) is 0 Å². The molecule has 0 atom stereocenters. The van der Waals surface area contributed by atoms with E-state index in [1.807, 2.05) is 47.6 Å². The van der Waals surface area contributed by atoms with Gasteiger partial charge in [0.05, 0.1) is 50.7 Å². The van der Waals surface area contributed by atoms with Crippen LogP contribution in [0.2, 0.25) is 10.0 Å². The standard InChI is InChI=1S/C26H22O5S2.C24H16Cl2O5S2.C13H20O3S/c1-19-3-11-23(12-4-19)32(27,28)25-15-7-21(8-16-25)31-22-9-17-26(18-10-22)33(29,30)24-13-5-20(2)6-14-24;25-17-1-9-21(10-2-17)32(27,28)23-13-5-19(6-14-23)31-20-7-15-24(16-8-20)33(29,30)22-11-3-18(26)4-12-22;1-10-6-7-11(2)12(8-10)17(14,15)16-9-13(3,4)5/h3-18H,1-2H3;1-16H;6-8H,9H2,1-5H3. The van der Waals surface area contributed by atoms with Crippen molar-refractivity contribution in [3.8, 4) is 23.0 Å². The van der Waals surface area contributed by atoms with Gasteiger partial charge in [-0.05, 0) is 220 Å². The SMILES string of the molecule is Cc1ccc(C)c(S(=O)(=O)OCC(C)(C)C)c1.Cc1ccc(S(=O)(=O)c2ccc(Oc3ccc(S(=O)(=O)c4ccc(C)cc4)cc3)cc2)cc1.O=S(=O)(c1ccc(Cl)cc1)c1ccc(Oc2ccc(S(=O)(=O)c3ccc(Cl)cc3)cc2)cc1. The first-order chi connectivity index (χ1) is 38.9. The van der Waals surface area contributed by atoms with Crippen LogP contribution in [0.3, 0.4) is 0 Å². The Morgan fingerprint density at radius 1 is 0.325 bits per heavy atom. The molecule has 83 heavy (non-hydrogen) atoms. The maximum atomic E-state index is 12.8. The van der Waals surface area contributed by atoms with Gasteiger partial charge in [0, 0.05) is 10.0 Å². The molecule has 0 aliphatic carbocycles. The van der Waals surface area contributed by atoms with Gasteiger partial charge in [-0.3, -0.25) is 4.18 Å². The van der Waals surface area contributed by atoms with E-state index in [9.17, 15) is 42.1 Å². The van der Waals surface area contributed by atoms with Crippen molar-refractivity contribution in [2.45, 2.75) is 92.5 Å². The molecule has 20 heteroatoms. The van der Waals surface area contributed by atoms with E-state index in [0.717, 1.165) is 16.7 Å². The van der Waals surface area contributed by atoms with Crippen LogP contribution < -0.4 is 9.47 Å². The van der Waals surface area contributed by atoms with E-state index in [-0.39, 0.29) is 56.1 Å². The van der Waals surface area contributed by atoms with Crippen LogP contribution in [0.15, 0.2) is 256 Å². The number of hydrogen-bond acceptors (Lipinski definition) is 13. The Labute approximate surface area is 496 Å². The van der Waals surface area contributed by atoms with Gasteiger partial charge < -0.3 is 9.47 Å². The minimum absolute atomic E-state index is 0.113. The van der Waals surface area contributed by atoms with Crippen LogP contribution in [0.25, 0.3) is 0 Å². The van der Waals surface area contributed by atoms with Crippen LogP contribution in [0.1, 0.15) is 43.0 Å². The highest BCUT2D eigenvalue weighted by Gasteiger charge is 2.24. The molecule has 0 fully saturated rings. The fourth-order valence-corrected chi connectivity index (χ4v) is 14.2. The van der Waals surface area contributed by atoms with Crippen molar-refractivity contribution in [1.29, 1.82) is 0 Å². The highest BCUT2D eigenvalue weighted by Crippen LogP contribution is 2.32. The van der Waals surface area contributed by atoms with Gasteiger partial charge in [-0.2, -0.15) is 8.42 Å². The largest absolute Gasteiger partial charge is 0.457 e. The Bertz CT molecular complexity index is 3820. The molecular formula is C63H58Cl2O13S5. The van der Waals surface area contributed by atoms with E-state index in [4.69, 9.17) is 36.9 Å². The summed E-state index contributed by atoms with van der Waals surface area (Å²) in [6.45, 7) is 13.4. The Morgan fingerprint density at radius 2 is 0.554 bits per heavy atom. The second-order valence-electron chi connectivity index (χ2n) is 20.2. The van der Waals surface area contributed by atoms with Crippen LogP contribution >= 0.6 is 23.2 Å². The van der Waals surface area contributed by atoms with Crippen molar-refractivity contribution in [3.05, 3.63) is 245 Å². The lowest BCUT2D eigenvalue weighted by molar-refractivity contribution is 0.203. The zero-order valence-corrected chi connectivity index (χ0v) is 51.6. The van der Waals surface area contributed by atoms with Gasteiger partial charge in [-0.15, -0.1) is 0 Å². The van der Waals surface area contributed by atoms with E-state index in [1.54, 1.807) is 91.9 Å². The van der Waals surface area contributed by atoms with E-state index >= 15 is 0 Å². The van der Waals surface area contributed by atoms with Gasteiger partial charge in [0.2, 0.25) is 39.3 Å². The van der Waals surface area contributed by atoms with Crippen molar-refractivity contribution in [3.63, 3.8) is 0 Å². The lowest BCUT2D eigenvalue weighted by atomic mass is 9.99. The maximum absolute atomic E-state index is 12.8. The van der Waals surface area contributed by atoms with Crippen molar-refractivity contribution in [1.82, 2.24) is 0 Å². The van der Waals surface area contributed by atoms with Crippen LogP contribution in [0, 0.1) is 33.1 Å². The second-order valence-corrected chi connectivity index (χ2v) is 30.4. The van der Waals surface area contributed by atoms with E-state index in [0.29, 0.717) is 38.6 Å². The quantitative estimate of drug-likeness (QED) is 0.0879. The molecule has 13 nitrogen and oxygen atoms in total. The van der Waals surface area contributed by atoms with Crippen molar-refractivity contribution >= 4 is 72.7 Å². The summed E-state index contributed by atoms with van der Waals surface area (Å²) in [5.41, 5.74) is 3.41. The highest BCUT2D eigenvalue weighted by molar-refractivity contribution is 7.92. The van der Waals surface area contributed by atoms with Crippen LogP contribution in [-0.4, -0.2) is 48.7 Å². The molecule has 9 aromatic rings. The third kappa shape index (κ3) is 16.6. The van der Waals surface area contributed by atoms with Crippen LogP contribution in [-0.2, 0) is 53.7 Å². The molecule has 9 rings (SSSR count). The van der Waals surface area contributed by atoms with E-state index < -0.39 is 49.5 Å². The lowest BCUT2D eigenvalue weighted by Gasteiger charge is -2.18. The number of hydrogen-bond donors (Lipinski definition) is 0. The van der Waals surface area contributed by atoms with Gasteiger partial charge in [-0.25, -0.2) is 33.7 Å². The maximum Gasteiger partial charge on any atom is 0.297 e. The summed E-state index contributed by atoms with van der Waals surface area (Å²) in [6, 6.07) is 54.7. The van der Waals surface area contributed by atoms with E-state index in [1.165, 1.54) is 121 Å². The number of sulfone groups is 4. The topological polar surface area (TPSA) is 198 Å². The summed E-state index contributed by atoms with van der Waals surface area (Å²) < 4.78 is 143. The number of benzene rings is 9. The fourth-order valence-electron chi connectivity index (χ4n) is 7.52. The fraction of sp³-hybridized carbons (Fsp3) is 0.143. The third-order valence-electron chi connectivity index (χ3n) is 12.2. The zero-order valence-electron chi connectivity index (χ0n) is 46.0. The molecule has 0 N–H and O–H groups in total. The molecule has 0 aromatic heterocycles. The summed E-state index contributed by atoms with van der Waals surface area (Å²) >= 11 is 11.7. The average Bonchev–Trinajstić information content (AvgIpc) is 3.65. The summed E-state index contributed by atoms with van der Waals surface area (Å²) in [6.07, 6.45) is 0. The smallest absolute Gasteiger partial charge is 0.297 e. The van der Waals surface area contributed by atoms with Gasteiger partial charge in [0.1, 0.15) is 23.0 Å². The van der Waals surface area contributed by atoms with Crippen molar-refractivity contribution in [2.24, 2.45) is 5.41 Å². The predicted octanol–water partition coefficient (Wildman–Crippen LogP) is 15.3. The number of aryl methyl sites for hydroxylation is 4. The van der Waals surface area contributed by atoms with Gasteiger partial charge in [-0.1, -0.05) is 91.5 Å². The molecule has 432 valence electrons. The normalized spacial score (nSPS) is 12.0. The molecule has 0 unspecified atom stereocenters. The molecular weight excluding hydrogens is 1200 g/mol. The van der Waals surface area contributed by atoms with Crippen molar-refractivity contribution in [2.75, 3.05) is 6.61 Å². The minimum atomic E-state index is -3.69. The molecule has 0 aliphatic heterocycles. The van der Waals surface area contributed by atoms with Crippen molar-refractivity contribution < 1.29 is 55.7 Å². The Balaban J connectivity index is 0.000000189. The molecule has 0 radical (unpaired) electrons. The molecule has 0 saturated heterocycles. The predicted molar refractivity (Wildman–Crippen MR) is 321 cm³/mol. The molecule has 0 saturated carbocycles. The van der Waals surface area contributed by atoms with Gasteiger partial charge >= 0.3 is 0 Å². The average molecular weight is 1250 g/mol. The zero-order chi connectivity index (χ0) is 60.5. The first-order valence-corrected chi connectivity index (χ1v) is 33.4. The first-order valence-electron chi connectivity index (χ1n) is 25.3.